The lowest BCUT2D eigenvalue weighted by molar-refractivity contribution is -0.870. The Labute approximate surface area is 480 Å². The first-order chi connectivity index (χ1) is 37.5. The van der Waals surface area contributed by atoms with Crippen LogP contribution in [0.1, 0.15) is 341 Å². The maximum absolute atomic E-state index is 13.1. The number of aliphatic hydroxyl groups is 1. The summed E-state index contributed by atoms with van der Waals surface area (Å²) in [6.07, 6.45) is 78.0. The van der Waals surface area contributed by atoms with Gasteiger partial charge in [0.2, 0.25) is 5.91 Å². The molecule has 0 aromatic heterocycles. The van der Waals surface area contributed by atoms with Crippen molar-refractivity contribution in [3.8, 4) is 0 Å². The topological polar surface area (TPSA) is 105 Å². The molecule has 0 aromatic carbocycles. The first kappa shape index (κ1) is 75.7. The predicted molar refractivity (Wildman–Crippen MR) is 337 cm³/mol. The van der Waals surface area contributed by atoms with Crippen LogP contribution in [0.15, 0.2) is 36.5 Å². The average Bonchev–Trinajstić information content (AvgIpc) is 3.39. The molecule has 0 aliphatic carbocycles. The molecule has 0 aliphatic rings. The Hall–Kier alpha value is -1.28. The smallest absolute Gasteiger partial charge is 0.391 e. The highest BCUT2D eigenvalue weighted by molar-refractivity contribution is 7.47. The second-order valence-electron chi connectivity index (χ2n) is 24.6. The quantitative estimate of drug-likeness (QED) is 0.0243. The monoisotopic (exact) mass is 1110 g/mol. The van der Waals surface area contributed by atoms with Crippen molar-refractivity contribution < 1.29 is 32.9 Å². The lowest BCUT2D eigenvalue weighted by Gasteiger charge is -2.26. The molecule has 0 fully saturated rings. The van der Waals surface area contributed by atoms with Crippen molar-refractivity contribution in [2.45, 2.75) is 353 Å². The summed E-state index contributed by atoms with van der Waals surface area (Å²) in [6, 6.07) is -0.761. The number of likely N-dealkylation sites (N-methyl/N-ethyl adjacent to an activating group) is 1. The molecule has 0 rings (SSSR count). The number of hydrogen-bond donors (Lipinski definition) is 3. The van der Waals surface area contributed by atoms with E-state index in [1.807, 2.05) is 21.1 Å². The number of rotatable bonds is 63. The van der Waals surface area contributed by atoms with Crippen LogP contribution in [0, 0.1) is 0 Å². The van der Waals surface area contributed by atoms with Gasteiger partial charge in [0, 0.05) is 6.42 Å². The summed E-state index contributed by atoms with van der Waals surface area (Å²) in [5, 5.41) is 14.1. The standard InChI is InChI=1S/C68H133N2O6P/c1-6-8-10-12-14-16-18-20-22-24-26-28-30-32-33-34-35-36-37-38-40-42-44-46-48-50-52-54-56-58-60-62-68(72)69-66(65-76-77(73,74)75-64-63-70(3,4)5)67(71)61-59-57-55-53-51-49-47-45-43-41-39-31-29-27-25-23-21-19-17-15-13-11-9-7-2/h18,20,24,26,30,32,66-67,71H,6-17,19,21-23,25,27-29,31,33-65H2,1-5H3,(H-,69,72,73,74)/p+1/b20-18-,26-24-,32-30-. The number of allylic oxidation sites excluding steroid dienone is 6. The Morgan fingerprint density at radius 3 is 1.08 bits per heavy atom. The number of amides is 1. The summed E-state index contributed by atoms with van der Waals surface area (Å²) in [4.78, 5) is 23.4. The van der Waals surface area contributed by atoms with E-state index in [9.17, 15) is 19.4 Å². The van der Waals surface area contributed by atoms with Crippen LogP contribution in [0.3, 0.4) is 0 Å². The summed E-state index contributed by atoms with van der Waals surface area (Å²) in [7, 11) is 1.63. The largest absolute Gasteiger partial charge is 0.472 e. The first-order valence-corrected chi connectivity index (χ1v) is 35.3. The minimum atomic E-state index is -4.33. The Kier molecular flexibility index (Phi) is 58.4. The zero-order chi connectivity index (χ0) is 56.3. The molecule has 0 spiro atoms. The van der Waals surface area contributed by atoms with E-state index in [1.165, 1.54) is 263 Å². The van der Waals surface area contributed by atoms with Gasteiger partial charge in [-0.05, 0) is 51.4 Å². The molecule has 3 N–H and O–H groups in total. The highest BCUT2D eigenvalue weighted by atomic mass is 31.2. The van der Waals surface area contributed by atoms with E-state index in [0.29, 0.717) is 23.9 Å². The van der Waals surface area contributed by atoms with Crippen molar-refractivity contribution in [2.24, 2.45) is 0 Å². The molecule has 0 bridgehead atoms. The zero-order valence-electron chi connectivity index (χ0n) is 52.2. The van der Waals surface area contributed by atoms with Crippen LogP contribution in [0.2, 0.25) is 0 Å². The van der Waals surface area contributed by atoms with Gasteiger partial charge in [0.1, 0.15) is 13.2 Å². The lowest BCUT2D eigenvalue weighted by atomic mass is 10.0. The molecule has 0 aliphatic heterocycles. The van der Waals surface area contributed by atoms with Gasteiger partial charge >= 0.3 is 7.82 Å². The fourth-order valence-corrected chi connectivity index (χ4v) is 11.1. The van der Waals surface area contributed by atoms with Gasteiger partial charge in [-0.1, -0.05) is 320 Å². The highest BCUT2D eigenvalue weighted by Gasteiger charge is 2.28. The van der Waals surface area contributed by atoms with E-state index < -0.39 is 20.0 Å². The zero-order valence-corrected chi connectivity index (χ0v) is 53.1. The van der Waals surface area contributed by atoms with Crippen molar-refractivity contribution in [1.82, 2.24) is 5.32 Å². The van der Waals surface area contributed by atoms with Gasteiger partial charge < -0.3 is 19.8 Å². The van der Waals surface area contributed by atoms with Crippen molar-refractivity contribution >= 4 is 13.7 Å². The van der Waals surface area contributed by atoms with Gasteiger partial charge in [0.05, 0.1) is 39.9 Å². The van der Waals surface area contributed by atoms with Crippen molar-refractivity contribution in [3.05, 3.63) is 36.5 Å². The average molecular weight is 1110 g/mol. The number of unbranched alkanes of at least 4 members (excludes halogenated alkanes) is 44. The Morgan fingerprint density at radius 2 is 0.740 bits per heavy atom. The third-order valence-electron chi connectivity index (χ3n) is 15.6. The highest BCUT2D eigenvalue weighted by Crippen LogP contribution is 2.43. The predicted octanol–water partition coefficient (Wildman–Crippen LogP) is 21.3. The van der Waals surface area contributed by atoms with Crippen LogP contribution >= 0.6 is 7.82 Å². The van der Waals surface area contributed by atoms with Gasteiger partial charge in [-0.15, -0.1) is 0 Å². The normalized spacial score (nSPS) is 13.9. The Balaban J connectivity index is 4.04. The van der Waals surface area contributed by atoms with E-state index in [4.69, 9.17) is 9.05 Å². The fourth-order valence-electron chi connectivity index (χ4n) is 10.4. The number of nitrogens with one attached hydrogen (secondary N) is 1. The summed E-state index contributed by atoms with van der Waals surface area (Å²) < 4.78 is 23.9. The molecule has 0 saturated carbocycles. The number of aliphatic hydroxyl groups excluding tert-OH is 1. The van der Waals surface area contributed by atoms with Crippen LogP contribution in [-0.2, 0) is 18.4 Å². The number of carbonyl (C=O) groups is 1. The summed E-state index contributed by atoms with van der Waals surface area (Å²) >= 11 is 0. The van der Waals surface area contributed by atoms with E-state index in [1.54, 1.807) is 0 Å². The lowest BCUT2D eigenvalue weighted by Crippen LogP contribution is -2.46. The minimum absolute atomic E-state index is 0.0762. The molecule has 9 heteroatoms. The molecular formula is C68H134N2O6P+. The number of phosphoric acid groups is 1. The van der Waals surface area contributed by atoms with Gasteiger partial charge in [-0.3, -0.25) is 13.8 Å². The van der Waals surface area contributed by atoms with E-state index >= 15 is 0 Å². The van der Waals surface area contributed by atoms with Crippen LogP contribution < -0.4 is 5.32 Å². The molecular weight excluding hydrogens is 972 g/mol. The van der Waals surface area contributed by atoms with Gasteiger partial charge in [-0.25, -0.2) is 4.57 Å². The Bertz CT molecular complexity index is 1350. The van der Waals surface area contributed by atoms with Gasteiger partial charge in [0.25, 0.3) is 0 Å². The SMILES string of the molecule is CCCCCCC/C=C\C/C=C\C/C=C\CCCCCCCCCCCCCCCCCCC(=O)NC(COP(=O)(O)OCC[N+](C)(C)C)C(O)CCCCCCCCCCCCCCCCCCCCCCCCCC. The van der Waals surface area contributed by atoms with E-state index in [0.717, 1.165) is 51.4 Å². The van der Waals surface area contributed by atoms with Gasteiger partial charge in [0.15, 0.2) is 0 Å². The van der Waals surface area contributed by atoms with Crippen molar-refractivity contribution in [1.29, 1.82) is 0 Å². The molecule has 3 atom stereocenters. The van der Waals surface area contributed by atoms with Crippen molar-refractivity contribution in [2.75, 3.05) is 40.9 Å². The van der Waals surface area contributed by atoms with Crippen LogP contribution in [0.25, 0.3) is 0 Å². The maximum Gasteiger partial charge on any atom is 0.472 e. The van der Waals surface area contributed by atoms with E-state index in [-0.39, 0.29) is 19.1 Å². The minimum Gasteiger partial charge on any atom is -0.391 e. The van der Waals surface area contributed by atoms with Crippen LogP contribution in [0.5, 0.6) is 0 Å². The molecule has 0 radical (unpaired) electrons. The van der Waals surface area contributed by atoms with Crippen molar-refractivity contribution in [3.63, 3.8) is 0 Å². The number of carbonyl (C=O) groups excluding carboxylic acids is 1. The van der Waals surface area contributed by atoms with Gasteiger partial charge in [-0.2, -0.15) is 0 Å². The van der Waals surface area contributed by atoms with Crippen LogP contribution in [-0.4, -0.2) is 73.4 Å². The number of nitrogens with zero attached hydrogens (tertiary/aromatic N) is 1. The fraction of sp³-hybridized carbons (Fsp3) is 0.897. The molecule has 8 nitrogen and oxygen atoms in total. The first-order valence-electron chi connectivity index (χ1n) is 33.9. The Morgan fingerprint density at radius 1 is 0.442 bits per heavy atom. The third kappa shape index (κ3) is 62.2. The van der Waals surface area contributed by atoms with Crippen LogP contribution in [0.4, 0.5) is 0 Å². The molecule has 3 unspecified atom stereocenters. The second-order valence-corrected chi connectivity index (χ2v) is 26.0. The molecule has 0 heterocycles. The molecule has 77 heavy (non-hydrogen) atoms. The number of phosphoric ester groups is 1. The number of quaternary nitrogens is 1. The number of hydrogen-bond acceptors (Lipinski definition) is 5. The second kappa shape index (κ2) is 59.3. The molecule has 456 valence electrons. The summed E-state index contributed by atoms with van der Waals surface area (Å²) in [5.74, 6) is -0.139. The summed E-state index contributed by atoms with van der Waals surface area (Å²) in [5.41, 5.74) is 0. The molecule has 1 amide bonds. The summed E-state index contributed by atoms with van der Waals surface area (Å²) in [6.45, 7) is 4.93. The third-order valence-corrected chi connectivity index (χ3v) is 16.6. The maximum atomic E-state index is 13.1. The molecule has 0 saturated heterocycles. The van der Waals surface area contributed by atoms with E-state index in [2.05, 4.69) is 55.6 Å². The molecule has 0 aromatic rings.